The van der Waals surface area contributed by atoms with Crippen LogP contribution >= 0.6 is 0 Å². The Balaban J connectivity index is 1.76. The Morgan fingerprint density at radius 2 is 1.60 bits per heavy atom. The SMILES string of the molecule is Cc1cc(C)cc(C2(C(=O)N(C)Cc3ccc(C(=O)O)cc3)CC2)c1. The number of nitrogens with zero attached hydrogens (tertiary/aromatic N) is 1. The summed E-state index contributed by atoms with van der Waals surface area (Å²) in [5, 5.41) is 8.97. The molecule has 130 valence electrons. The zero-order chi connectivity index (χ0) is 18.2. The van der Waals surface area contributed by atoms with Crippen LogP contribution in [0.1, 0.15) is 45.5 Å². The first-order chi connectivity index (χ1) is 11.8. The molecule has 0 heterocycles. The molecule has 2 aromatic carbocycles. The van der Waals surface area contributed by atoms with Gasteiger partial charge in [0.15, 0.2) is 0 Å². The van der Waals surface area contributed by atoms with Crippen molar-refractivity contribution >= 4 is 11.9 Å². The molecule has 1 fully saturated rings. The van der Waals surface area contributed by atoms with Crippen LogP contribution in [-0.4, -0.2) is 28.9 Å². The largest absolute Gasteiger partial charge is 0.478 e. The number of amides is 1. The Morgan fingerprint density at radius 3 is 2.08 bits per heavy atom. The van der Waals surface area contributed by atoms with Gasteiger partial charge in [-0.1, -0.05) is 41.5 Å². The lowest BCUT2D eigenvalue weighted by atomic mass is 9.91. The third-order valence-corrected chi connectivity index (χ3v) is 4.90. The van der Waals surface area contributed by atoms with Gasteiger partial charge in [-0.2, -0.15) is 0 Å². The number of benzene rings is 2. The molecule has 2 aromatic rings. The molecule has 0 radical (unpaired) electrons. The Hall–Kier alpha value is -2.62. The summed E-state index contributed by atoms with van der Waals surface area (Å²) in [6.07, 6.45) is 1.77. The summed E-state index contributed by atoms with van der Waals surface area (Å²) in [6.45, 7) is 4.60. The van der Waals surface area contributed by atoms with E-state index in [1.54, 1.807) is 29.2 Å². The summed E-state index contributed by atoms with van der Waals surface area (Å²) in [4.78, 5) is 25.7. The summed E-state index contributed by atoms with van der Waals surface area (Å²) < 4.78 is 0. The van der Waals surface area contributed by atoms with Crippen molar-refractivity contribution < 1.29 is 14.7 Å². The lowest BCUT2D eigenvalue weighted by Crippen LogP contribution is -2.36. The van der Waals surface area contributed by atoms with Gasteiger partial charge in [-0.15, -0.1) is 0 Å². The third kappa shape index (κ3) is 3.43. The molecular formula is C21H23NO3. The molecule has 3 rings (SSSR count). The maximum absolute atomic E-state index is 13.1. The molecule has 1 N–H and O–H groups in total. The van der Waals surface area contributed by atoms with Gasteiger partial charge in [0.2, 0.25) is 5.91 Å². The van der Waals surface area contributed by atoms with Crippen LogP contribution in [0.5, 0.6) is 0 Å². The summed E-state index contributed by atoms with van der Waals surface area (Å²) in [5.74, 6) is -0.803. The average Bonchev–Trinajstić information content (AvgIpc) is 3.35. The Labute approximate surface area is 148 Å². The summed E-state index contributed by atoms with van der Waals surface area (Å²) in [6, 6.07) is 13.0. The minimum absolute atomic E-state index is 0.139. The first-order valence-electron chi connectivity index (χ1n) is 8.48. The van der Waals surface area contributed by atoms with Gasteiger partial charge in [-0.3, -0.25) is 4.79 Å². The third-order valence-electron chi connectivity index (χ3n) is 4.90. The molecule has 25 heavy (non-hydrogen) atoms. The van der Waals surface area contributed by atoms with Gasteiger partial charge in [0.1, 0.15) is 0 Å². The minimum atomic E-state index is -0.942. The lowest BCUT2D eigenvalue weighted by molar-refractivity contribution is -0.133. The highest BCUT2D eigenvalue weighted by atomic mass is 16.4. The molecule has 0 atom stereocenters. The number of hydrogen-bond acceptors (Lipinski definition) is 2. The molecule has 0 saturated heterocycles. The van der Waals surface area contributed by atoms with Gasteiger partial charge < -0.3 is 10.0 Å². The first-order valence-corrected chi connectivity index (χ1v) is 8.48. The van der Waals surface area contributed by atoms with E-state index in [1.807, 2.05) is 7.05 Å². The van der Waals surface area contributed by atoms with E-state index in [-0.39, 0.29) is 16.9 Å². The van der Waals surface area contributed by atoms with Crippen LogP contribution < -0.4 is 0 Å². The van der Waals surface area contributed by atoms with Crippen LogP contribution in [0.2, 0.25) is 0 Å². The normalized spacial score (nSPS) is 14.8. The van der Waals surface area contributed by atoms with Gasteiger partial charge in [0, 0.05) is 13.6 Å². The predicted octanol–water partition coefficient (Wildman–Crippen LogP) is 3.69. The highest BCUT2D eigenvalue weighted by Gasteiger charge is 2.52. The second-order valence-electron chi connectivity index (χ2n) is 7.12. The molecule has 1 saturated carbocycles. The van der Waals surface area contributed by atoms with E-state index in [0.717, 1.165) is 24.0 Å². The number of carbonyl (C=O) groups excluding carboxylic acids is 1. The predicted molar refractivity (Wildman–Crippen MR) is 96.7 cm³/mol. The number of aromatic carboxylic acids is 1. The fourth-order valence-electron chi connectivity index (χ4n) is 3.47. The highest BCUT2D eigenvalue weighted by molar-refractivity contribution is 5.91. The molecule has 0 aliphatic heterocycles. The number of carboxylic acids is 1. The Bertz CT molecular complexity index is 799. The van der Waals surface area contributed by atoms with E-state index in [0.29, 0.717) is 6.54 Å². The van der Waals surface area contributed by atoms with Crippen molar-refractivity contribution in [3.05, 3.63) is 70.3 Å². The molecule has 0 aromatic heterocycles. The van der Waals surface area contributed by atoms with Crippen LogP contribution in [0.3, 0.4) is 0 Å². The molecular weight excluding hydrogens is 314 g/mol. The number of aryl methyl sites for hydroxylation is 2. The zero-order valence-corrected chi connectivity index (χ0v) is 14.9. The van der Waals surface area contributed by atoms with Gasteiger partial charge >= 0.3 is 5.97 Å². The van der Waals surface area contributed by atoms with E-state index in [1.165, 1.54) is 11.1 Å². The fraction of sp³-hybridized carbons (Fsp3) is 0.333. The van der Waals surface area contributed by atoms with Crippen molar-refractivity contribution in [1.29, 1.82) is 0 Å². The Morgan fingerprint density at radius 1 is 1.04 bits per heavy atom. The average molecular weight is 337 g/mol. The quantitative estimate of drug-likeness (QED) is 0.905. The van der Waals surface area contributed by atoms with E-state index >= 15 is 0 Å². The van der Waals surface area contributed by atoms with Gasteiger partial charge in [-0.05, 0) is 49.9 Å². The number of carbonyl (C=O) groups is 2. The van der Waals surface area contributed by atoms with Crippen molar-refractivity contribution in [2.24, 2.45) is 0 Å². The summed E-state index contributed by atoms with van der Waals surface area (Å²) >= 11 is 0. The second-order valence-corrected chi connectivity index (χ2v) is 7.12. The van der Waals surface area contributed by atoms with Gasteiger partial charge in [0.05, 0.1) is 11.0 Å². The van der Waals surface area contributed by atoms with Crippen LogP contribution in [0.25, 0.3) is 0 Å². The smallest absolute Gasteiger partial charge is 0.335 e. The number of rotatable bonds is 5. The Kier molecular flexibility index (Phi) is 4.38. The monoisotopic (exact) mass is 337 g/mol. The molecule has 0 spiro atoms. The van der Waals surface area contributed by atoms with Crippen molar-refractivity contribution in [3.63, 3.8) is 0 Å². The zero-order valence-electron chi connectivity index (χ0n) is 14.9. The van der Waals surface area contributed by atoms with Crippen LogP contribution in [-0.2, 0) is 16.8 Å². The number of hydrogen-bond donors (Lipinski definition) is 1. The second kappa shape index (κ2) is 6.36. The molecule has 0 bridgehead atoms. The summed E-state index contributed by atoms with van der Waals surface area (Å²) in [7, 11) is 1.82. The summed E-state index contributed by atoms with van der Waals surface area (Å²) in [5.41, 5.74) is 4.28. The van der Waals surface area contributed by atoms with Crippen LogP contribution in [0.4, 0.5) is 0 Å². The topological polar surface area (TPSA) is 57.6 Å². The van der Waals surface area contributed by atoms with E-state index in [4.69, 9.17) is 5.11 Å². The van der Waals surface area contributed by atoms with Crippen molar-refractivity contribution in [3.8, 4) is 0 Å². The van der Waals surface area contributed by atoms with Crippen LogP contribution in [0, 0.1) is 13.8 Å². The maximum Gasteiger partial charge on any atom is 0.335 e. The standard InChI is InChI=1S/C21H23NO3/c1-14-10-15(2)12-18(11-14)21(8-9-21)20(25)22(3)13-16-4-6-17(7-5-16)19(23)24/h4-7,10-12H,8-9,13H2,1-3H3,(H,23,24). The maximum atomic E-state index is 13.1. The number of carboxylic acid groups (broad SMARTS) is 1. The molecule has 1 aliphatic rings. The molecule has 4 heteroatoms. The van der Waals surface area contributed by atoms with Crippen molar-refractivity contribution in [2.45, 2.75) is 38.6 Å². The van der Waals surface area contributed by atoms with E-state index in [9.17, 15) is 9.59 Å². The number of likely N-dealkylation sites (N-methyl/N-ethyl adjacent to an activating group) is 1. The van der Waals surface area contributed by atoms with Crippen LogP contribution in [0.15, 0.2) is 42.5 Å². The van der Waals surface area contributed by atoms with Gasteiger partial charge in [0.25, 0.3) is 0 Å². The molecule has 1 amide bonds. The molecule has 0 unspecified atom stereocenters. The fourth-order valence-corrected chi connectivity index (χ4v) is 3.47. The minimum Gasteiger partial charge on any atom is -0.478 e. The first kappa shape index (κ1) is 17.2. The highest BCUT2D eigenvalue weighted by Crippen LogP contribution is 2.50. The molecule has 4 nitrogen and oxygen atoms in total. The van der Waals surface area contributed by atoms with E-state index in [2.05, 4.69) is 32.0 Å². The van der Waals surface area contributed by atoms with Gasteiger partial charge in [-0.25, -0.2) is 4.79 Å². The molecule has 1 aliphatic carbocycles. The van der Waals surface area contributed by atoms with Crippen molar-refractivity contribution in [1.82, 2.24) is 4.90 Å². The van der Waals surface area contributed by atoms with Crippen molar-refractivity contribution in [2.75, 3.05) is 7.05 Å². The lowest BCUT2D eigenvalue weighted by Gasteiger charge is -2.24. The van der Waals surface area contributed by atoms with E-state index < -0.39 is 5.97 Å².